The zero-order valence-electron chi connectivity index (χ0n) is 19.9. The van der Waals surface area contributed by atoms with Crippen LogP contribution in [-0.2, 0) is 17.9 Å². The van der Waals surface area contributed by atoms with Crippen molar-refractivity contribution in [1.29, 1.82) is 0 Å². The van der Waals surface area contributed by atoms with Crippen molar-refractivity contribution in [3.8, 4) is 17.2 Å². The fourth-order valence-electron chi connectivity index (χ4n) is 3.64. The quantitative estimate of drug-likeness (QED) is 0.114. The molecule has 4 rings (SSSR count). The molecule has 0 atom stereocenters. The van der Waals surface area contributed by atoms with Crippen molar-refractivity contribution in [2.75, 3.05) is 0 Å². The number of carbonyl (C=O) groups excluding carboxylic acids is 1. The molecule has 0 amide bonds. The molecule has 0 unspecified atom stereocenters. The van der Waals surface area contributed by atoms with E-state index in [0.29, 0.717) is 17.7 Å². The molecule has 0 aliphatic rings. The maximum absolute atomic E-state index is 12.5. The van der Waals surface area contributed by atoms with Crippen molar-refractivity contribution in [3.05, 3.63) is 124 Å². The van der Waals surface area contributed by atoms with Crippen molar-refractivity contribution >= 4 is 17.9 Å². The van der Waals surface area contributed by atoms with E-state index < -0.39 is 17.9 Å². The Bertz CT molecular complexity index is 1460. The fraction of sp³-hybridized carbons (Fsp3) is 0.0690. The van der Waals surface area contributed by atoms with Crippen molar-refractivity contribution in [3.63, 3.8) is 0 Å². The highest BCUT2D eigenvalue weighted by Gasteiger charge is 2.19. The van der Waals surface area contributed by atoms with Crippen molar-refractivity contribution in [1.82, 2.24) is 0 Å². The standard InChI is InChI=1S/C29H22O9/c30-21-9-14-25(28(33)34)26(16-21)29(35)37-22-10-5-18(6-11-22)15-19-7-12-23(13-8-19)38-36-17-20-3-1-2-4-24(20)27(31)32/h1-14,16,30H,15,17H2,(H,31,32)(H,33,34). The number of carboxylic acid groups (broad SMARTS) is 2. The number of aromatic carboxylic acids is 2. The summed E-state index contributed by atoms with van der Waals surface area (Å²) in [6.07, 6.45) is 0.580. The van der Waals surface area contributed by atoms with Crippen LogP contribution in [0.4, 0.5) is 0 Å². The van der Waals surface area contributed by atoms with Gasteiger partial charge in [0.1, 0.15) is 18.1 Å². The number of esters is 1. The molecule has 0 saturated heterocycles. The first-order valence-corrected chi connectivity index (χ1v) is 11.4. The van der Waals surface area contributed by atoms with Gasteiger partial charge in [0.2, 0.25) is 0 Å². The van der Waals surface area contributed by atoms with Crippen LogP contribution in [0.15, 0.2) is 91.0 Å². The van der Waals surface area contributed by atoms with E-state index in [1.54, 1.807) is 54.6 Å². The summed E-state index contributed by atoms with van der Waals surface area (Å²) in [5, 5.41) is 28.1. The Morgan fingerprint density at radius 1 is 0.658 bits per heavy atom. The van der Waals surface area contributed by atoms with E-state index in [2.05, 4.69) is 0 Å². The van der Waals surface area contributed by atoms with E-state index in [-0.39, 0.29) is 34.8 Å². The number of hydrogen-bond donors (Lipinski definition) is 3. The van der Waals surface area contributed by atoms with Crippen LogP contribution in [0.2, 0.25) is 0 Å². The number of aromatic hydroxyl groups is 1. The third-order valence-corrected chi connectivity index (χ3v) is 5.54. The lowest BCUT2D eigenvalue weighted by molar-refractivity contribution is -0.217. The molecule has 38 heavy (non-hydrogen) atoms. The average Bonchev–Trinajstić information content (AvgIpc) is 2.90. The van der Waals surface area contributed by atoms with Gasteiger partial charge >= 0.3 is 17.9 Å². The van der Waals surface area contributed by atoms with Crippen LogP contribution in [0.3, 0.4) is 0 Å². The lowest BCUT2D eigenvalue weighted by Crippen LogP contribution is -2.14. The lowest BCUT2D eigenvalue weighted by Gasteiger charge is -2.09. The molecule has 9 nitrogen and oxygen atoms in total. The molecule has 4 aromatic carbocycles. The first-order chi connectivity index (χ1) is 18.3. The first kappa shape index (κ1) is 25.9. The van der Waals surface area contributed by atoms with Crippen molar-refractivity contribution in [2.45, 2.75) is 13.0 Å². The van der Waals surface area contributed by atoms with E-state index in [1.165, 1.54) is 12.1 Å². The van der Waals surface area contributed by atoms with Gasteiger partial charge in [-0.25, -0.2) is 14.4 Å². The molecular weight excluding hydrogens is 492 g/mol. The van der Waals surface area contributed by atoms with Crippen molar-refractivity contribution in [2.24, 2.45) is 0 Å². The summed E-state index contributed by atoms with van der Waals surface area (Å²) in [5.41, 5.74) is 2.03. The number of hydrogen-bond acceptors (Lipinski definition) is 7. The van der Waals surface area contributed by atoms with Crippen LogP contribution in [0.1, 0.15) is 47.8 Å². The molecule has 0 radical (unpaired) electrons. The summed E-state index contributed by atoms with van der Waals surface area (Å²) < 4.78 is 5.28. The van der Waals surface area contributed by atoms with Gasteiger partial charge in [-0.2, -0.15) is 4.89 Å². The number of carboxylic acids is 2. The van der Waals surface area contributed by atoms with Gasteiger partial charge in [-0.1, -0.05) is 42.5 Å². The molecule has 3 N–H and O–H groups in total. The first-order valence-electron chi connectivity index (χ1n) is 11.4. The normalized spacial score (nSPS) is 10.5. The summed E-state index contributed by atoms with van der Waals surface area (Å²) >= 11 is 0. The predicted molar refractivity (Wildman–Crippen MR) is 135 cm³/mol. The van der Waals surface area contributed by atoms with E-state index in [9.17, 15) is 29.7 Å². The molecule has 0 heterocycles. The number of phenolic OH excluding ortho intramolecular Hbond substituents is 1. The Labute approximate surface area is 217 Å². The number of carbonyl (C=O) groups is 3. The summed E-state index contributed by atoms with van der Waals surface area (Å²) in [5.74, 6) is -2.80. The van der Waals surface area contributed by atoms with Gasteiger partial charge in [-0.15, -0.1) is 0 Å². The van der Waals surface area contributed by atoms with E-state index in [1.807, 2.05) is 12.1 Å². The topological polar surface area (TPSA) is 140 Å². The molecule has 0 bridgehead atoms. The Hall–Kier alpha value is -5.15. The monoisotopic (exact) mass is 514 g/mol. The van der Waals surface area contributed by atoms with Gasteiger partial charge in [0.15, 0.2) is 5.75 Å². The molecule has 0 aliphatic heterocycles. The van der Waals surface area contributed by atoms with Crippen molar-refractivity contribution < 1.29 is 44.2 Å². The number of ether oxygens (including phenoxy) is 1. The highest BCUT2D eigenvalue weighted by atomic mass is 17.2. The van der Waals surface area contributed by atoms with Crippen LogP contribution in [0, 0.1) is 0 Å². The summed E-state index contributed by atoms with van der Waals surface area (Å²) in [6.45, 7) is -0.0236. The lowest BCUT2D eigenvalue weighted by atomic mass is 10.0. The van der Waals surface area contributed by atoms with Gasteiger partial charge in [-0.3, -0.25) is 0 Å². The summed E-state index contributed by atoms with van der Waals surface area (Å²) in [7, 11) is 0. The van der Waals surface area contributed by atoms with Gasteiger partial charge in [0.25, 0.3) is 0 Å². The molecule has 0 aromatic heterocycles. The maximum Gasteiger partial charge on any atom is 0.344 e. The molecule has 4 aromatic rings. The fourth-order valence-corrected chi connectivity index (χ4v) is 3.64. The number of phenols is 1. The highest BCUT2D eigenvalue weighted by Crippen LogP contribution is 2.22. The van der Waals surface area contributed by atoms with Gasteiger partial charge in [0, 0.05) is 0 Å². The van der Waals surface area contributed by atoms with Crippen LogP contribution in [-0.4, -0.2) is 33.2 Å². The summed E-state index contributed by atoms with van der Waals surface area (Å²) in [4.78, 5) is 45.6. The molecular formula is C29H22O9. The minimum absolute atomic E-state index is 0.0236. The maximum atomic E-state index is 12.5. The van der Waals surface area contributed by atoms with E-state index in [4.69, 9.17) is 14.5 Å². The number of benzene rings is 4. The smallest absolute Gasteiger partial charge is 0.344 e. The van der Waals surface area contributed by atoms with Gasteiger partial charge in [-0.05, 0) is 71.6 Å². The molecule has 0 saturated carbocycles. The molecule has 192 valence electrons. The van der Waals surface area contributed by atoms with Crippen LogP contribution in [0.25, 0.3) is 0 Å². The second-order valence-electron chi connectivity index (χ2n) is 8.20. The second-order valence-corrected chi connectivity index (χ2v) is 8.20. The zero-order valence-corrected chi connectivity index (χ0v) is 19.9. The van der Waals surface area contributed by atoms with Gasteiger partial charge in [0.05, 0.1) is 16.7 Å². The van der Waals surface area contributed by atoms with E-state index >= 15 is 0 Å². The predicted octanol–water partition coefficient (Wildman–Crippen LogP) is 5.11. The molecule has 0 fully saturated rings. The van der Waals surface area contributed by atoms with Crippen LogP contribution >= 0.6 is 0 Å². The largest absolute Gasteiger partial charge is 0.508 e. The Morgan fingerprint density at radius 2 is 1.26 bits per heavy atom. The van der Waals surface area contributed by atoms with E-state index in [0.717, 1.165) is 23.3 Å². The molecule has 0 spiro atoms. The Morgan fingerprint density at radius 3 is 1.89 bits per heavy atom. The third-order valence-electron chi connectivity index (χ3n) is 5.54. The molecule has 9 heteroatoms. The second kappa shape index (κ2) is 11.7. The minimum atomic E-state index is -1.31. The minimum Gasteiger partial charge on any atom is -0.508 e. The van der Waals surface area contributed by atoms with Crippen LogP contribution < -0.4 is 9.62 Å². The Kier molecular flexibility index (Phi) is 8.00. The van der Waals surface area contributed by atoms with Crippen LogP contribution in [0.5, 0.6) is 17.2 Å². The SMILES string of the molecule is O=C(O)c1ccccc1COOc1ccc(Cc2ccc(OC(=O)c3cc(O)ccc3C(=O)O)cc2)cc1. The Balaban J connectivity index is 1.31. The summed E-state index contributed by atoms with van der Waals surface area (Å²) in [6, 6.07) is 23.8. The third kappa shape index (κ3) is 6.54. The number of rotatable bonds is 10. The zero-order chi connectivity index (χ0) is 27.1. The van der Waals surface area contributed by atoms with Gasteiger partial charge < -0.3 is 24.9 Å². The average molecular weight is 514 g/mol. The molecule has 0 aliphatic carbocycles. The highest BCUT2D eigenvalue weighted by molar-refractivity contribution is 6.03.